The largest absolute Gasteiger partial charge is 0.514 e. The standard InChI is InChI=1S/C26H25N3O7S2/c30-25(36-22-5-1-2-6-23(22)37-38-24-7-3-4-16-27-24)28-19-10-8-18(9-11-19)17-34-26(31)35-21-14-12-20(13-15-21)29(32)33/h3-4,7-16,22-23H,1-2,5-6,17H2,(H,28,30)/t22-,23-/m0/s1. The minimum atomic E-state index is -0.939. The number of benzene rings is 2. The predicted octanol–water partition coefficient (Wildman–Crippen LogP) is 7.01. The van der Waals surface area contributed by atoms with Crippen LogP contribution in [0.5, 0.6) is 5.75 Å². The first-order valence-electron chi connectivity index (χ1n) is 11.9. The van der Waals surface area contributed by atoms with Gasteiger partial charge in [-0.1, -0.05) is 35.4 Å². The Bertz CT molecular complexity index is 1230. The summed E-state index contributed by atoms with van der Waals surface area (Å²) in [7, 11) is 3.29. The van der Waals surface area contributed by atoms with Gasteiger partial charge in [0.1, 0.15) is 23.5 Å². The molecular weight excluding hydrogens is 530 g/mol. The molecule has 0 saturated heterocycles. The molecule has 1 aliphatic carbocycles. The van der Waals surface area contributed by atoms with Gasteiger partial charge in [-0.3, -0.25) is 15.4 Å². The van der Waals surface area contributed by atoms with Crippen LogP contribution >= 0.6 is 21.6 Å². The number of nitrogens with zero attached hydrogens (tertiary/aromatic N) is 2. The highest BCUT2D eigenvalue weighted by atomic mass is 33.1. The van der Waals surface area contributed by atoms with E-state index >= 15 is 0 Å². The van der Waals surface area contributed by atoms with Gasteiger partial charge in [-0.25, -0.2) is 14.6 Å². The number of anilines is 1. The molecule has 0 bridgehead atoms. The SMILES string of the molecule is O=C(Nc1ccc(COC(=O)Oc2ccc([N+](=O)[O-])cc2)cc1)O[C@H]1CCCC[C@@H]1SSc1ccccn1. The van der Waals surface area contributed by atoms with Crippen LogP contribution in [0.15, 0.2) is 78.0 Å². The Hall–Kier alpha value is -3.77. The topological polar surface area (TPSA) is 130 Å². The molecule has 1 saturated carbocycles. The number of nitro groups is 1. The number of carbonyl (C=O) groups is 2. The molecule has 1 aromatic heterocycles. The van der Waals surface area contributed by atoms with E-state index in [1.165, 1.54) is 24.3 Å². The van der Waals surface area contributed by atoms with E-state index in [0.717, 1.165) is 30.7 Å². The third kappa shape index (κ3) is 8.38. The first-order chi connectivity index (χ1) is 18.5. The molecule has 0 unspecified atom stereocenters. The molecular formula is C26H25N3O7S2. The molecule has 198 valence electrons. The molecule has 1 heterocycles. The summed E-state index contributed by atoms with van der Waals surface area (Å²) in [6.07, 6.45) is 4.04. The van der Waals surface area contributed by atoms with Crippen LogP contribution in [-0.4, -0.2) is 33.5 Å². The van der Waals surface area contributed by atoms with Crippen LogP contribution in [-0.2, 0) is 16.1 Å². The second-order valence-corrected chi connectivity index (χ2v) is 10.8. The first kappa shape index (κ1) is 27.3. The van der Waals surface area contributed by atoms with Crippen LogP contribution in [0, 0.1) is 10.1 Å². The number of carbonyl (C=O) groups excluding carboxylic acids is 2. The van der Waals surface area contributed by atoms with Crippen LogP contribution in [0.4, 0.5) is 21.0 Å². The second kappa shape index (κ2) is 13.7. The highest BCUT2D eigenvalue weighted by Gasteiger charge is 2.29. The van der Waals surface area contributed by atoms with Gasteiger partial charge in [-0.05, 0) is 72.0 Å². The fourth-order valence-electron chi connectivity index (χ4n) is 3.69. The number of rotatable bonds is 9. The molecule has 10 nitrogen and oxygen atoms in total. The van der Waals surface area contributed by atoms with Crippen molar-refractivity contribution in [3.8, 4) is 5.75 Å². The van der Waals surface area contributed by atoms with E-state index in [4.69, 9.17) is 14.2 Å². The summed E-state index contributed by atoms with van der Waals surface area (Å²) in [6, 6.07) is 17.7. The van der Waals surface area contributed by atoms with E-state index in [-0.39, 0.29) is 29.4 Å². The molecule has 1 N–H and O–H groups in total. The van der Waals surface area contributed by atoms with Crippen molar-refractivity contribution in [2.75, 3.05) is 5.32 Å². The number of amides is 1. The number of nitrogens with one attached hydrogen (secondary N) is 1. The van der Waals surface area contributed by atoms with Crippen molar-refractivity contribution in [1.82, 2.24) is 4.98 Å². The molecule has 0 radical (unpaired) electrons. The molecule has 4 rings (SSSR count). The number of aromatic nitrogens is 1. The van der Waals surface area contributed by atoms with Crippen molar-refractivity contribution in [3.05, 3.63) is 88.6 Å². The zero-order valence-corrected chi connectivity index (χ0v) is 21.8. The van der Waals surface area contributed by atoms with Crippen LogP contribution in [0.2, 0.25) is 0 Å². The number of ether oxygens (including phenoxy) is 3. The molecule has 0 spiro atoms. The average Bonchev–Trinajstić information content (AvgIpc) is 2.93. The lowest BCUT2D eigenvalue weighted by atomic mass is 9.97. The Morgan fingerprint density at radius 2 is 1.79 bits per heavy atom. The van der Waals surface area contributed by atoms with Crippen LogP contribution in [0.25, 0.3) is 0 Å². The summed E-state index contributed by atoms with van der Waals surface area (Å²) in [4.78, 5) is 38.9. The van der Waals surface area contributed by atoms with Gasteiger partial charge >= 0.3 is 12.2 Å². The summed E-state index contributed by atoms with van der Waals surface area (Å²) < 4.78 is 15.8. The Kier molecular flexibility index (Phi) is 9.82. The van der Waals surface area contributed by atoms with Gasteiger partial charge in [0, 0.05) is 24.0 Å². The highest BCUT2D eigenvalue weighted by Crippen LogP contribution is 2.40. The molecule has 1 fully saturated rings. The smallest absolute Gasteiger partial charge is 0.445 e. The monoisotopic (exact) mass is 555 g/mol. The lowest BCUT2D eigenvalue weighted by Crippen LogP contribution is -2.33. The van der Waals surface area contributed by atoms with Crippen molar-refractivity contribution < 1.29 is 28.7 Å². The van der Waals surface area contributed by atoms with Crippen molar-refractivity contribution >= 4 is 45.2 Å². The van der Waals surface area contributed by atoms with Gasteiger partial charge in [0.15, 0.2) is 0 Å². The average molecular weight is 556 g/mol. The van der Waals surface area contributed by atoms with Crippen LogP contribution < -0.4 is 10.1 Å². The summed E-state index contributed by atoms with van der Waals surface area (Å²) in [5, 5.41) is 14.6. The minimum Gasteiger partial charge on any atom is -0.445 e. The minimum absolute atomic E-state index is 0.0501. The maximum atomic E-state index is 12.5. The van der Waals surface area contributed by atoms with Gasteiger partial charge in [0.25, 0.3) is 5.69 Å². The zero-order valence-electron chi connectivity index (χ0n) is 20.2. The lowest BCUT2D eigenvalue weighted by Gasteiger charge is -2.30. The first-order valence-corrected chi connectivity index (χ1v) is 14.1. The predicted molar refractivity (Wildman–Crippen MR) is 144 cm³/mol. The van der Waals surface area contributed by atoms with Gasteiger partial charge in [-0.2, -0.15) is 0 Å². The van der Waals surface area contributed by atoms with E-state index in [2.05, 4.69) is 10.3 Å². The quantitative estimate of drug-likeness (QED) is 0.0967. The Balaban J connectivity index is 1.21. The van der Waals surface area contributed by atoms with Gasteiger partial charge in [0.2, 0.25) is 0 Å². The lowest BCUT2D eigenvalue weighted by molar-refractivity contribution is -0.384. The van der Waals surface area contributed by atoms with Gasteiger partial charge in [0.05, 0.1) is 10.2 Å². The number of nitro benzene ring substituents is 1. The normalized spacial score (nSPS) is 16.7. The molecule has 0 aliphatic heterocycles. The number of non-ortho nitro benzene ring substituents is 1. The summed E-state index contributed by atoms with van der Waals surface area (Å²) >= 11 is 0. The fraction of sp³-hybridized carbons (Fsp3) is 0.269. The summed E-state index contributed by atoms with van der Waals surface area (Å²) in [5.41, 5.74) is 1.12. The zero-order chi connectivity index (χ0) is 26.7. The third-order valence-corrected chi connectivity index (χ3v) is 8.44. The third-order valence-electron chi connectivity index (χ3n) is 5.60. The van der Waals surface area contributed by atoms with Crippen LogP contribution in [0.1, 0.15) is 31.2 Å². The van der Waals surface area contributed by atoms with E-state index in [1.807, 2.05) is 18.2 Å². The Labute approximate surface area is 227 Å². The molecule has 3 aromatic rings. The molecule has 2 aromatic carbocycles. The maximum absolute atomic E-state index is 12.5. The van der Waals surface area contributed by atoms with Crippen molar-refractivity contribution in [1.29, 1.82) is 0 Å². The second-order valence-electron chi connectivity index (χ2n) is 8.33. The summed E-state index contributed by atoms with van der Waals surface area (Å²) in [6.45, 7) is -0.0501. The van der Waals surface area contributed by atoms with Crippen molar-refractivity contribution in [3.63, 3.8) is 0 Å². The highest BCUT2D eigenvalue weighted by molar-refractivity contribution is 8.76. The van der Waals surface area contributed by atoms with Crippen LogP contribution in [0.3, 0.4) is 0 Å². The molecule has 1 aliphatic rings. The number of hydrogen-bond acceptors (Lipinski definition) is 10. The molecule has 38 heavy (non-hydrogen) atoms. The molecule has 2 atom stereocenters. The number of pyridine rings is 1. The van der Waals surface area contributed by atoms with Crippen molar-refractivity contribution in [2.24, 2.45) is 0 Å². The van der Waals surface area contributed by atoms with E-state index in [1.54, 1.807) is 52.1 Å². The van der Waals surface area contributed by atoms with E-state index < -0.39 is 17.2 Å². The Morgan fingerprint density at radius 1 is 1.03 bits per heavy atom. The van der Waals surface area contributed by atoms with E-state index in [9.17, 15) is 19.7 Å². The fourth-order valence-corrected chi connectivity index (χ4v) is 6.35. The van der Waals surface area contributed by atoms with Gasteiger partial charge < -0.3 is 14.2 Å². The van der Waals surface area contributed by atoms with Crippen molar-refractivity contribution in [2.45, 2.75) is 48.7 Å². The van der Waals surface area contributed by atoms with E-state index in [0.29, 0.717) is 11.3 Å². The number of hydrogen-bond donors (Lipinski definition) is 1. The molecule has 1 amide bonds. The molecule has 12 heteroatoms. The summed E-state index contributed by atoms with van der Waals surface area (Å²) in [5.74, 6) is 0.132. The van der Waals surface area contributed by atoms with Gasteiger partial charge in [-0.15, -0.1) is 0 Å². The Morgan fingerprint density at radius 3 is 2.50 bits per heavy atom. The maximum Gasteiger partial charge on any atom is 0.514 e.